The molecule has 7 heteroatoms. The summed E-state index contributed by atoms with van der Waals surface area (Å²) in [6.07, 6.45) is 1.45. The SMILES string of the molecule is COC(=O)c1cc(C(=O)NCc2ncccc2F)c(C)s1. The molecule has 1 amide bonds. The number of rotatable bonds is 4. The van der Waals surface area contributed by atoms with E-state index in [1.807, 2.05) is 0 Å². The van der Waals surface area contributed by atoms with Crippen molar-refractivity contribution in [1.29, 1.82) is 0 Å². The maximum Gasteiger partial charge on any atom is 0.348 e. The summed E-state index contributed by atoms with van der Waals surface area (Å²) in [5, 5.41) is 2.58. The second-order valence-corrected chi connectivity index (χ2v) is 5.44. The minimum atomic E-state index is -0.488. The standard InChI is InChI=1S/C14H13FN2O3S/c1-8-9(6-12(21-8)14(19)20-2)13(18)17-7-11-10(15)4-3-5-16-11/h3-6H,7H2,1-2H3,(H,17,18). The van der Waals surface area contributed by atoms with Crippen molar-refractivity contribution in [2.24, 2.45) is 0 Å². The molecule has 0 bridgehead atoms. The van der Waals surface area contributed by atoms with Gasteiger partial charge in [-0.15, -0.1) is 11.3 Å². The molecule has 0 unspecified atom stereocenters. The minimum absolute atomic E-state index is 0.0195. The number of nitrogens with one attached hydrogen (secondary N) is 1. The molecule has 0 aromatic carbocycles. The molecule has 0 radical (unpaired) electrons. The van der Waals surface area contributed by atoms with Crippen molar-refractivity contribution in [3.8, 4) is 0 Å². The predicted molar refractivity (Wildman–Crippen MR) is 75.8 cm³/mol. The molecule has 2 aromatic heterocycles. The normalized spacial score (nSPS) is 10.2. The van der Waals surface area contributed by atoms with Crippen LogP contribution in [0.5, 0.6) is 0 Å². The van der Waals surface area contributed by atoms with E-state index in [0.717, 1.165) is 0 Å². The number of nitrogens with zero attached hydrogens (tertiary/aromatic N) is 1. The molecule has 0 saturated heterocycles. The Labute approximate surface area is 124 Å². The van der Waals surface area contributed by atoms with Crippen molar-refractivity contribution in [1.82, 2.24) is 10.3 Å². The highest BCUT2D eigenvalue weighted by Gasteiger charge is 2.17. The molecule has 0 aliphatic heterocycles. The van der Waals surface area contributed by atoms with Crippen molar-refractivity contribution in [2.75, 3.05) is 7.11 Å². The van der Waals surface area contributed by atoms with Gasteiger partial charge in [0, 0.05) is 11.1 Å². The molecule has 1 N–H and O–H groups in total. The summed E-state index contributed by atoms with van der Waals surface area (Å²) in [7, 11) is 1.28. The quantitative estimate of drug-likeness (QED) is 0.880. The van der Waals surface area contributed by atoms with Gasteiger partial charge in [0.2, 0.25) is 0 Å². The Morgan fingerprint density at radius 3 is 2.90 bits per heavy atom. The number of ether oxygens (including phenoxy) is 1. The van der Waals surface area contributed by atoms with Gasteiger partial charge < -0.3 is 10.1 Å². The van der Waals surface area contributed by atoms with Gasteiger partial charge >= 0.3 is 5.97 Å². The first kappa shape index (κ1) is 15.1. The van der Waals surface area contributed by atoms with Gasteiger partial charge in [0.25, 0.3) is 5.91 Å². The number of esters is 1. The number of thiophene rings is 1. The largest absolute Gasteiger partial charge is 0.465 e. The third-order valence-electron chi connectivity index (χ3n) is 2.80. The van der Waals surface area contributed by atoms with Crippen LogP contribution in [0.1, 0.15) is 30.6 Å². The Bertz CT molecular complexity index is 685. The monoisotopic (exact) mass is 308 g/mol. The summed E-state index contributed by atoms with van der Waals surface area (Å²) < 4.78 is 18.0. The zero-order valence-electron chi connectivity index (χ0n) is 11.5. The summed E-state index contributed by atoms with van der Waals surface area (Å²) >= 11 is 1.18. The number of aromatic nitrogens is 1. The molecule has 0 saturated carbocycles. The Kier molecular flexibility index (Phi) is 4.64. The predicted octanol–water partition coefficient (Wildman–Crippen LogP) is 2.31. The molecular weight excluding hydrogens is 295 g/mol. The molecular formula is C14H13FN2O3S. The molecule has 0 spiro atoms. The van der Waals surface area contributed by atoms with Crippen LogP contribution in [0, 0.1) is 12.7 Å². The van der Waals surface area contributed by atoms with Crippen LogP contribution in [-0.4, -0.2) is 24.0 Å². The van der Waals surface area contributed by atoms with Crippen molar-refractivity contribution in [2.45, 2.75) is 13.5 Å². The first-order chi connectivity index (χ1) is 10.0. The fourth-order valence-electron chi connectivity index (χ4n) is 1.72. The van der Waals surface area contributed by atoms with Gasteiger partial charge in [0.05, 0.1) is 24.9 Å². The summed E-state index contributed by atoms with van der Waals surface area (Å²) in [4.78, 5) is 28.4. The van der Waals surface area contributed by atoms with Gasteiger partial charge in [-0.05, 0) is 25.1 Å². The Balaban J connectivity index is 2.09. The lowest BCUT2D eigenvalue weighted by Gasteiger charge is -2.04. The highest BCUT2D eigenvalue weighted by Crippen LogP contribution is 2.22. The average molecular weight is 308 g/mol. The van der Waals surface area contributed by atoms with E-state index in [1.54, 1.807) is 6.92 Å². The average Bonchev–Trinajstić information content (AvgIpc) is 2.87. The molecule has 0 aliphatic rings. The van der Waals surface area contributed by atoms with Crippen molar-refractivity contribution in [3.05, 3.63) is 51.2 Å². The van der Waals surface area contributed by atoms with Crippen LogP contribution >= 0.6 is 11.3 Å². The first-order valence-corrected chi connectivity index (χ1v) is 6.91. The fraction of sp³-hybridized carbons (Fsp3) is 0.214. The Morgan fingerprint density at radius 1 is 1.48 bits per heavy atom. The molecule has 2 aromatic rings. The second-order valence-electron chi connectivity index (χ2n) is 4.19. The van der Waals surface area contributed by atoms with E-state index >= 15 is 0 Å². The number of hydrogen-bond acceptors (Lipinski definition) is 5. The van der Waals surface area contributed by atoms with E-state index in [0.29, 0.717) is 15.3 Å². The number of hydrogen-bond donors (Lipinski definition) is 1. The van der Waals surface area contributed by atoms with Gasteiger partial charge in [0.1, 0.15) is 10.7 Å². The lowest BCUT2D eigenvalue weighted by molar-refractivity contribution is 0.0606. The van der Waals surface area contributed by atoms with Gasteiger partial charge in [-0.1, -0.05) is 0 Å². The zero-order valence-corrected chi connectivity index (χ0v) is 12.3. The maximum absolute atomic E-state index is 13.4. The maximum atomic E-state index is 13.4. The van der Waals surface area contributed by atoms with Crippen LogP contribution in [-0.2, 0) is 11.3 Å². The molecule has 2 rings (SSSR count). The van der Waals surface area contributed by atoms with Crippen LogP contribution in [0.2, 0.25) is 0 Å². The third-order valence-corrected chi connectivity index (χ3v) is 3.83. The van der Waals surface area contributed by atoms with E-state index in [1.165, 1.54) is 42.8 Å². The molecule has 0 fully saturated rings. The summed E-state index contributed by atoms with van der Waals surface area (Å²) in [6.45, 7) is 1.71. The molecule has 110 valence electrons. The number of carbonyl (C=O) groups is 2. The van der Waals surface area contributed by atoms with Gasteiger partial charge in [-0.3, -0.25) is 9.78 Å². The molecule has 2 heterocycles. The zero-order chi connectivity index (χ0) is 15.4. The molecule has 5 nitrogen and oxygen atoms in total. The molecule has 21 heavy (non-hydrogen) atoms. The van der Waals surface area contributed by atoms with Crippen molar-refractivity contribution >= 4 is 23.2 Å². The van der Waals surface area contributed by atoms with Crippen LogP contribution < -0.4 is 5.32 Å². The molecule has 0 aliphatic carbocycles. The van der Waals surface area contributed by atoms with E-state index < -0.39 is 11.8 Å². The number of carbonyl (C=O) groups excluding carboxylic acids is 2. The highest BCUT2D eigenvalue weighted by molar-refractivity contribution is 7.14. The summed E-state index contributed by atoms with van der Waals surface area (Å²) in [5.41, 5.74) is 0.531. The van der Waals surface area contributed by atoms with Gasteiger partial charge in [-0.2, -0.15) is 0 Å². The van der Waals surface area contributed by atoms with E-state index in [4.69, 9.17) is 0 Å². The number of methoxy groups -OCH3 is 1. The lowest BCUT2D eigenvalue weighted by atomic mass is 10.2. The van der Waals surface area contributed by atoms with Crippen LogP contribution in [0.15, 0.2) is 24.4 Å². The van der Waals surface area contributed by atoms with Crippen LogP contribution in [0.4, 0.5) is 4.39 Å². The van der Waals surface area contributed by atoms with E-state index in [2.05, 4.69) is 15.0 Å². The molecule has 0 atom stereocenters. The summed E-state index contributed by atoms with van der Waals surface area (Å²) in [5.74, 6) is -1.35. The number of amides is 1. The van der Waals surface area contributed by atoms with Crippen molar-refractivity contribution < 1.29 is 18.7 Å². The Hall–Kier alpha value is -2.28. The highest BCUT2D eigenvalue weighted by atomic mass is 32.1. The fourth-order valence-corrected chi connectivity index (χ4v) is 2.65. The number of aryl methyl sites for hydroxylation is 1. The topological polar surface area (TPSA) is 68.3 Å². The minimum Gasteiger partial charge on any atom is -0.465 e. The van der Waals surface area contributed by atoms with Gasteiger partial charge in [-0.25, -0.2) is 9.18 Å². The van der Waals surface area contributed by atoms with E-state index in [-0.39, 0.29) is 18.1 Å². The van der Waals surface area contributed by atoms with Crippen LogP contribution in [0.25, 0.3) is 0 Å². The Morgan fingerprint density at radius 2 is 2.24 bits per heavy atom. The first-order valence-electron chi connectivity index (χ1n) is 6.09. The van der Waals surface area contributed by atoms with Crippen molar-refractivity contribution in [3.63, 3.8) is 0 Å². The third kappa shape index (κ3) is 3.43. The lowest BCUT2D eigenvalue weighted by Crippen LogP contribution is -2.24. The number of halogens is 1. The van der Waals surface area contributed by atoms with Crippen LogP contribution in [0.3, 0.4) is 0 Å². The second kappa shape index (κ2) is 6.45. The van der Waals surface area contributed by atoms with Gasteiger partial charge in [0.15, 0.2) is 0 Å². The van der Waals surface area contributed by atoms with E-state index in [9.17, 15) is 14.0 Å². The smallest absolute Gasteiger partial charge is 0.348 e. The number of pyridine rings is 1. The summed E-state index contributed by atoms with van der Waals surface area (Å²) in [6, 6.07) is 4.22.